The molecule has 4 atom stereocenters. The van der Waals surface area contributed by atoms with E-state index in [1.54, 1.807) is 0 Å². The SMILES string of the molecule is CN(C)C1C[C@@H]2CC(N(C)C(=O)C3(c4ccccc4)CC3)C[C@@H]2C1. The molecule has 0 aromatic heterocycles. The number of hydrogen-bond acceptors (Lipinski definition) is 2. The number of fused-ring (bicyclic) bond motifs is 1. The second-order valence-electron chi connectivity index (χ2n) is 8.60. The van der Waals surface area contributed by atoms with Crippen LogP contribution in [0.25, 0.3) is 0 Å². The first-order chi connectivity index (χ1) is 11.5. The van der Waals surface area contributed by atoms with Crippen LogP contribution in [0.5, 0.6) is 0 Å². The van der Waals surface area contributed by atoms with Crippen LogP contribution in [0.2, 0.25) is 0 Å². The molecule has 0 spiro atoms. The lowest BCUT2D eigenvalue weighted by Crippen LogP contribution is -2.42. The van der Waals surface area contributed by atoms with E-state index in [1.165, 1.54) is 31.2 Å². The van der Waals surface area contributed by atoms with Crippen LogP contribution >= 0.6 is 0 Å². The van der Waals surface area contributed by atoms with E-state index in [2.05, 4.69) is 55.2 Å². The minimum atomic E-state index is -0.208. The van der Waals surface area contributed by atoms with Gasteiger partial charge < -0.3 is 9.80 Å². The van der Waals surface area contributed by atoms with Gasteiger partial charge in [-0.05, 0) is 70.0 Å². The average molecular weight is 326 g/mol. The zero-order valence-electron chi connectivity index (χ0n) is 15.2. The summed E-state index contributed by atoms with van der Waals surface area (Å²) in [5.74, 6) is 2.01. The summed E-state index contributed by atoms with van der Waals surface area (Å²) in [5, 5.41) is 0. The molecule has 3 fully saturated rings. The summed E-state index contributed by atoms with van der Waals surface area (Å²) in [6.07, 6.45) is 7.09. The fourth-order valence-corrected chi connectivity index (χ4v) is 5.30. The average Bonchev–Trinajstić information content (AvgIpc) is 3.15. The lowest BCUT2D eigenvalue weighted by Gasteiger charge is -2.30. The number of nitrogens with zero attached hydrogens (tertiary/aromatic N) is 2. The van der Waals surface area contributed by atoms with E-state index in [4.69, 9.17) is 0 Å². The number of hydrogen-bond donors (Lipinski definition) is 0. The molecule has 3 heteroatoms. The van der Waals surface area contributed by atoms with E-state index >= 15 is 0 Å². The van der Waals surface area contributed by atoms with Crippen LogP contribution in [0.15, 0.2) is 30.3 Å². The minimum Gasteiger partial charge on any atom is -0.342 e. The third-order valence-corrected chi connectivity index (χ3v) is 7.05. The van der Waals surface area contributed by atoms with Crippen molar-refractivity contribution in [2.24, 2.45) is 11.8 Å². The monoisotopic (exact) mass is 326 g/mol. The van der Waals surface area contributed by atoms with E-state index in [9.17, 15) is 4.79 Å². The zero-order valence-corrected chi connectivity index (χ0v) is 15.2. The number of carbonyl (C=O) groups excluding carboxylic acids is 1. The lowest BCUT2D eigenvalue weighted by molar-refractivity contribution is -0.134. The van der Waals surface area contributed by atoms with Gasteiger partial charge in [0.1, 0.15) is 0 Å². The Balaban J connectivity index is 1.43. The molecule has 2 unspecified atom stereocenters. The summed E-state index contributed by atoms with van der Waals surface area (Å²) in [6.45, 7) is 0. The lowest BCUT2D eigenvalue weighted by atomic mass is 9.93. The van der Waals surface area contributed by atoms with Gasteiger partial charge in [-0.1, -0.05) is 30.3 Å². The van der Waals surface area contributed by atoms with Crippen LogP contribution in [0.1, 0.15) is 44.1 Å². The molecule has 0 N–H and O–H groups in total. The standard InChI is InChI=1S/C21H30N2O/c1-22(2)18-11-15-13-19(14-16(15)12-18)23(3)20(24)21(9-10-21)17-7-5-4-6-8-17/h4-8,15-16,18-19H,9-14H2,1-3H3/t15-,16+,18?,19?. The predicted octanol–water partition coefficient (Wildman–Crippen LogP) is 3.30. The van der Waals surface area contributed by atoms with E-state index < -0.39 is 0 Å². The van der Waals surface area contributed by atoms with Crippen LogP contribution in [0, 0.1) is 11.8 Å². The molecule has 3 aliphatic rings. The highest BCUT2D eigenvalue weighted by Crippen LogP contribution is 2.51. The van der Waals surface area contributed by atoms with Gasteiger partial charge in [-0.2, -0.15) is 0 Å². The van der Waals surface area contributed by atoms with E-state index in [0.717, 1.165) is 30.7 Å². The Kier molecular flexibility index (Phi) is 3.95. The normalized spacial score (nSPS) is 33.5. The van der Waals surface area contributed by atoms with Gasteiger partial charge in [-0.3, -0.25) is 4.79 Å². The second kappa shape index (κ2) is 5.87. The van der Waals surface area contributed by atoms with Gasteiger partial charge in [-0.15, -0.1) is 0 Å². The van der Waals surface area contributed by atoms with E-state index in [-0.39, 0.29) is 5.41 Å². The maximum Gasteiger partial charge on any atom is 0.233 e. The van der Waals surface area contributed by atoms with Gasteiger partial charge in [0.05, 0.1) is 5.41 Å². The molecule has 1 amide bonds. The molecule has 3 aliphatic carbocycles. The Labute approximate surface area is 146 Å². The maximum atomic E-state index is 13.2. The van der Waals surface area contributed by atoms with Gasteiger partial charge in [0.25, 0.3) is 0 Å². The number of rotatable bonds is 4. The Hall–Kier alpha value is -1.35. The van der Waals surface area contributed by atoms with Crippen LogP contribution in [0.3, 0.4) is 0 Å². The van der Waals surface area contributed by atoms with Gasteiger partial charge in [-0.25, -0.2) is 0 Å². The maximum absolute atomic E-state index is 13.2. The number of amides is 1. The van der Waals surface area contributed by atoms with Crippen molar-refractivity contribution in [1.29, 1.82) is 0 Å². The second-order valence-corrected chi connectivity index (χ2v) is 8.60. The van der Waals surface area contributed by atoms with E-state index in [1.807, 2.05) is 6.07 Å². The van der Waals surface area contributed by atoms with Gasteiger partial charge in [0.15, 0.2) is 0 Å². The van der Waals surface area contributed by atoms with Crippen molar-refractivity contribution in [1.82, 2.24) is 9.80 Å². The van der Waals surface area contributed by atoms with Crippen molar-refractivity contribution < 1.29 is 4.79 Å². The molecular formula is C21H30N2O. The topological polar surface area (TPSA) is 23.6 Å². The molecule has 0 radical (unpaired) electrons. The van der Waals surface area contributed by atoms with Crippen molar-refractivity contribution >= 4 is 5.91 Å². The molecule has 0 bridgehead atoms. The van der Waals surface area contributed by atoms with Crippen LogP contribution in [0.4, 0.5) is 0 Å². The van der Waals surface area contributed by atoms with Crippen LogP contribution in [-0.2, 0) is 10.2 Å². The molecule has 24 heavy (non-hydrogen) atoms. The molecule has 0 heterocycles. The minimum absolute atomic E-state index is 0.208. The van der Waals surface area contributed by atoms with Crippen LogP contribution < -0.4 is 0 Å². The summed E-state index contributed by atoms with van der Waals surface area (Å²) in [6, 6.07) is 11.6. The highest BCUT2D eigenvalue weighted by Gasteiger charge is 2.54. The fourth-order valence-electron chi connectivity index (χ4n) is 5.30. The third-order valence-electron chi connectivity index (χ3n) is 7.05. The Morgan fingerprint density at radius 3 is 1.96 bits per heavy atom. The largest absolute Gasteiger partial charge is 0.342 e. The summed E-state index contributed by atoms with van der Waals surface area (Å²) < 4.78 is 0. The van der Waals surface area contributed by atoms with Crippen molar-refractivity contribution in [2.75, 3.05) is 21.1 Å². The Morgan fingerprint density at radius 2 is 1.46 bits per heavy atom. The van der Waals surface area contributed by atoms with Gasteiger partial charge in [0.2, 0.25) is 5.91 Å². The van der Waals surface area contributed by atoms with Crippen LogP contribution in [-0.4, -0.2) is 48.9 Å². The number of likely N-dealkylation sites (N-methyl/N-ethyl adjacent to an activating group) is 1. The Bertz CT molecular complexity index is 594. The third kappa shape index (κ3) is 2.57. The quantitative estimate of drug-likeness (QED) is 0.847. The summed E-state index contributed by atoms with van der Waals surface area (Å²) >= 11 is 0. The first kappa shape index (κ1) is 16.1. The molecule has 3 nitrogen and oxygen atoms in total. The highest BCUT2D eigenvalue weighted by molar-refractivity contribution is 5.91. The molecule has 130 valence electrons. The van der Waals surface area contributed by atoms with Crippen molar-refractivity contribution in [2.45, 2.75) is 56.0 Å². The van der Waals surface area contributed by atoms with E-state index in [0.29, 0.717) is 11.9 Å². The molecule has 1 aromatic rings. The zero-order chi connectivity index (χ0) is 16.9. The predicted molar refractivity (Wildman–Crippen MR) is 96.8 cm³/mol. The smallest absolute Gasteiger partial charge is 0.233 e. The Morgan fingerprint density at radius 1 is 0.917 bits per heavy atom. The van der Waals surface area contributed by atoms with Gasteiger partial charge >= 0.3 is 0 Å². The first-order valence-corrected chi connectivity index (χ1v) is 9.50. The first-order valence-electron chi connectivity index (χ1n) is 9.50. The number of benzene rings is 1. The molecule has 0 saturated heterocycles. The highest BCUT2D eigenvalue weighted by atomic mass is 16.2. The molecule has 3 saturated carbocycles. The molecule has 1 aromatic carbocycles. The number of carbonyl (C=O) groups is 1. The van der Waals surface area contributed by atoms with Crippen molar-refractivity contribution in [3.05, 3.63) is 35.9 Å². The van der Waals surface area contributed by atoms with Gasteiger partial charge in [0, 0.05) is 19.1 Å². The fraction of sp³-hybridized carbons (Fsp3) is 0.667. The van der Waals surface area contributed by atoms with Crippen molar-refractivity contribution in [3.8, 4) is 0 Å². The summed E-state index contributed by atoms with van der Waals surface area (Å²) in [4.78, 5) is 17.7. The summed E-state index contributed by atoms with van der Waals surface area (Å²) in [7, 11) is 6.46. The molecule has 0 aliphatic heterocycles. The van der Waals surface area contributed by atoms with Crippen molar-refractivity contribution in [3.63, 3.8) is 0 Å². The molecular weight excluding hydrogens is 296 g/mol. The summed E-state index contributed by atoms with van der Waals surface area (Å²) in [5.41, 5.74) is 1.01. The molecule has 4 rings (SSSR count).